The summed E-state index contributed by atoms with van der Waals surface area (Å²) in [5.41, 5.74) is 0.691. The Morgan fingerprint density at radius 1 is 1.29 bits per heavy atom. The maximum atomic E-state index is 4.99. The van der Waals surface area contributed by atoms with Crippen LogP contribution in [0.3, 0.4) is 0 Å². The fraction of sp³-hybridized carbons (Fsp3) is 0.125. The highest BCUT2D eigenvalue weighted by Crippen LogP contribution is 2.14. The van der Waals surface area contributed by atoms with Crippen LogP contribution in [0.15, 0.2) is 18.2 Å². The molecular weight excluding hydrogens is 200 g/mol. The molecule has 2 heterocycles. The lowest BCUT2D eigenvalue weighted by atomic mass is 10.3. The van der Waals surface area contributed by atoms with Crippen LogP contribution in [0.4, 0.5) is 0 Å². The summed E-state index contributed by atoms with van der Waals surface area (Å²) in [6.45, 7) is 0. The normalized spacial score (nSPS) is 10.1. The van der Waals surface area contributed by atoms with Gasteiger partial charge in [-0.2, -0.15) is 4.98 Å². The fourth-order valence-electron chi connectivity index (χ4n) is 1.05. The Hall–Kier alpha value is -1.69. The molecule has 0 radical (unpaired) electrons. The van der Waals surface area contributed by atoms with Gasteiger partial charge < -0.3 is 4.74 Å². The standard InChI is InChI=1S/C8H8N4OS/c1-13-6-4-2-3-5(9-6)7-10-8(14)12-11-7/h2-4H,1H3,(H2,10,11,12,14). The first-order valence-corrected chi connectivity index (χ1v) is 4.36. The number of nitrogens with one attached hydrogen (secondary N) is 2. The molecule has 0 aliphatic carbocycles. The van der Waals surface area contributed by atoms with Crippen molar-refractivity contribution < 1.29 is 4.74 Å². The molecule has 0 aromatic carbocycles. The molecule has 0 aliphatic rings. The molecule has 0 atom stereocenters. The number of aromatic amines is 2. The van der Waals surface area contributed by atoms with Gasteiger partial charge in [-0.3, -0.25) is 10.2 Å². The third-order valence-corrected chi connectivity index (χ3v) is 1.87. The van der Waals surface area contributed by atoms with E-state index in [0.29, 0.717) is 22.2 Å². The quantitative estimate of drug-likeness (QED) is 0.734. The Morgan fingerprint density at radius 3 is 2.79 bits per heavy atom. The van der Waals surface area contributed by atoms with E-state index in [2.05, 4.69) is 20.2 Å². The number of nitrogens with zero attached hydrogens (tertiary/aromatic N) is 2. The van der Waals surface area contributed by atoms with E-state index in [1.165, 1.54) is 0 Å². The van der Waals surface area contributed by atoms with E-state index in [9.17, 15) is 0 Å². The number of hydrogen-bond donors (Lipinski definition) is 2. The number of aromatic nitrogens is 4. The topological polar surface area (TPSA) is 66.6 Å². The molecule has 6 heteroatoms. The van der Waals surface area contributed by atoms with Crippen molar-refractivity contribution in [3.8, 4) is 17.4 Å². The monoisotopic (exact) mass is 208 g/mol. The molecule has 0 fully saturated rings. The highest BCUT2D eigenvalue weighted by molar-refractivity contribution is 7.71. The van der Waals surface area contributed by atoms with Crippen LogP contribution < -0.4 is 4.74 Å². The Labute approximate surface area is 85.2 Å². The van der Waals surface area contributed by atoms with E-state index >= 15 is 0 Å². The molecule has 72 valence electrons. The number of rotatable bonds is 2. The van der Waals surface area contributed by atoms with E-state index in [4.69, 9.17) is 17.0 Å². The lowest BCUT2D eigenvalue weighted by Crippen LogP contribution is -1.90. The number of pyridine rings is 1. The number of methoxy groups -OCH3 is 1. The van der Waals surface area contributed by atoms with Crippen LogP contribution in [0.5, 0.6) is 5.88 Å². The molecule has 0 bridgehead atoms. The average Bonchev–Trinajstić information content (AvgIpc) is 2.65. The minimum Gasteiger partial charge on any atom is -0.481 e. The van der Waals surface area contributed by atoms with Crippen molar-refractivity contribution >= 4 is 12.2 Å². The lowest BCUT2D eigenvalue weighted by molar-refractivity contribution is 0.398. The maximum absolute atomic E-state index is 4.99. The largest absolute Gasteiger partial charge is 0.481 e. The van der Waals surface area contributed by atoms with E-state index in [1.807, 2.05) is 12.1 Å². The average molecular weight is 208 g/mol. The Kier molecular flexibility index (Phi) is 2.28. The molecule has 0 saturated heterocycles. The van der Waals surface area contributed by atoms with Crippen molar-refractivity contribution in [1.82, 2.24) is 20.2 Å². The highest BCUT2D eigenvalue weighted by Gasteiger charge is 2.03. The van der Waals surface area contributed by atoms with E-state index in [1.54, 1.807) is 13.2 Å². The molecule has 2 aromatic rings. The molecule has 0 aliphatic heterocycles. The van der Waals surface area contributed by atoms with Crippen LogP contribution in [0, 0.1) is 4.77 Å². The van der Waals surface area contributed by atoms with Crippen LogP contribution in [-0.2, 0) is 0 Å². The molecule has 0 saturated carbocycles. The molecular formula is C8H8N4OS. The van der Waals surface area contributed by atoms with Crippen LogP contribution >= 0.6 is 12.2 Å². The summed E-state index contributed by atoms with van der Waals surface area (Å²) in [6, 6.07) is 5.43. The smallest absolute Gasteiger partial charge is 0.213 e. The van der Waals surface area contributed by atoms with Gasteiger partial charge in [-0.15, -0.1) is 0 Å². The van der Waals surface area contributed by atoms with E-state index < -0.39 is 0 Å². The molecule has 2 aromatic heterocycles. The van der Waals surface area contributed by atoms with Crippen molar-refractivity contribution in [2.45, 2.75) is 0 Å². The zero-order valence-electron chi connectivity index (χ0n) is 7.44. The second-order valence-electron chi connectivity index (χ2n) is 2.58. The van der Waals surface area contributed by atoms with Gasteiger partial charge >= 0.3 is 0 Å². The predicted molar refractivity (Wildman–Crippen MR) is 53.6 cm³/mol. The zero-order valence-corrected chi connectivity index (χ0v) is 8.26. The summed E-state index contributed by atoms with van der Waals surface area (Å²) in [5.74, 6) is 1.15. The first-order valence-electron chi connectivity index (χ1n) is 3.95. The highest BCUT2D eigenvalue weighted by atomic mass is 32.1. The van der Waals surface area contributed by atoms with Crippen LogP contribution in [0.25, 0.3) is 11.5 Å². The van der Waals surface area contributed by atoms with Gasteiger partial charge in [0.15, 0.2) is 5.82 Å². The predicted octanol–water partition coefficient (Wildman–Crippen LogP) is 1.54. The van der Waals surface area contributed by atoms with Gasteiger partial charge in [-0.25, -0.2) is 4.98 Å². The van der Waals surface area contributed by atoms with Crippen molar-refractivity contribution in [1.29, 1.82) is 0 Å². The molecule has 0 unspecified atom stereocenters. The third kappa shape index (κ3) is 1.64. The van der Waals surface area contributed by atoms with Crippen LogP contribution in [-0.4, -0.2) is 27.3 Å². The first-order chi connectivity index (χ1) is 6.79. The minimum atomic E-state index is 0.407. The SMILES string of the molecule is COc1cccc(-c2nc(=S)[nH][nH]2)n1. The van der Waals surface area contributed by atoms with Gasteiger partial charge in [-0.1, -0.05) is 6.07 Å². The van der Waals surface area contributed by atoms with Crippen LogP contribution in [0.2, 0.25) is 0 Å². The number of H-pyrrole nitrogens is 2. The Morgan fingerprint density at radius 2 is 2.14 bits per heavy atom. The summed E-state index contributed by atoms with van der Waals surface area (Å²) in [6.07, 6.45) is 0. The number of hydrogen-bond acceptors (Lipinski definition) is 4. The molecule has 2 rings (SSSR count). The maximum Gasteiger partial charge on any atom is 0.213 e. The fourth-order valence-corrected chi connectivity index (χ4v) is 1.19. The summed E-state index contributed by atoms with van der Waals surface area (Å²) in [4.78, 5) is 8.23. The molecule has 5 nitrogen and oxygen atoms in total. The van der Waals surface area contributed by atoms with Crippen molar-refractivity contribution in [3.63, 3.8) is 0 Å². The van der Waals surface area contributed by atoms with Gasteiger partial charge in [-0.05, 0) is 18.3 Å². The summed E-state index contributed by atoms with van der Waals surface area (Å²) in [5, 5.41) is 5.52. The summed E-state index contributed by atoms with van der Waals surface area (Å²) >= 11 is 4.84. The first kappa shape index (κ1) is 8.89. The minimum absolute atomic E-state index is 0.407. The third-order valence-electron chi connectivity index (χ3n) is 1.68. The van der Waals surface area contributed by atoms with Gasteiger partial charge in [0.2, 0.25) is 10.7 Å². The van der Waals surface area contributed by atoms with Gasteiger partial charge in [0.1, 0.15) is 5.69 Å². The summed E-state index contributed by atoms with van der Waals surface area (Å²) in [7, 11) is 1.57. The summed E-state index contributed by atoms with van der Waals surface area (Å²) < 4.78 is 5.40. The van der Waals surface area contributed by atoms with Gasteiger partial charge in [0.25, 0.3) is 0 Å². The molecule has 2 N–H and O–H groups in total. The Bertz CT molecular complexity index is 490. The van der Waals surface area contributed by atoms with Crippen molar-refractivity contribution in [2.24, 2.45) is 0 Å². The Balaban J connectivity index is 2.46. The zero-order chi connectivity index (χ0) is 9.97. The molecule has 0 amide bonds. The lowest BCUT2D eigenvalue weighted by Gasteiger charge is -1.99. The van der Waals surface area contributed by atoms with Crippen LogP contribution in [0.1, 0.15) is 0 Å². The van der Waals surface area contributed by atoms with E-state index in [0.717, 1.165) is 0 Å². The van der Waals surface area contributed by atoms with E-state index in [-0.39, 0.29) is 0 Å². The second kappa shape index (κ2) is 3.59. The molecule has 14 heavy (non-hydrogen) atoms. The second-order valence-corrected chi connectivity index (χ2v) is 2.97. The van der Waals surface area contributed by atoms with Gasteiger partial charge in [0.05, 0.1) is 7.11 Å². The van der Waals surface area contributed by atoms with Gasteiger partial charge in [0, 0.05) is 6.07 Å². The number of ether oxygens (including phenoxy) is 1. The van der Waals surface area contributed by atoms with Crippen molar-refractivity contribution in [2.75, 3.05) is 7.11 Å². The molecule has 0 spiro atoms. The van der Waals surface area contributed by atoms with Crippen molar-refractivity contribution in [3.05, 3.63) is 23.0 Å².